The van der Waals surface area contributed by atoms with Gasteiger partial charge in [-0.1, -0.05) is 6.42 Å². The van der Waals surface area contributed by atoms with Gasteiger partial charge in [-0.25, -0.2) is 0 Å². The van der Waals surface area contributed by atoms with Gasteiger partial charge in [-0.3, -0.25) is 4.57 Å². The first-order valence-corrected chi connectivity index (χ1v) is 6.81. The van der Waals surface area contributed by atoms with Crippen LogP contribution in [-0.4, -0.2) is 40.3 Å². The molecule has 0 radical (unpaired) electrons. The molecule has 1 aliphatic rings. The minimum Gasteiger partial charge on any atom is -0.385 e. The van der Waals surface area contributed by atoms with Gasteiger partial charge in [0.1, 0.15) is 0 Å². The molecule has 3 nitrogen and oxygen atoms in total. The summed E-state index contributed by atoms with van der Waals surface area (Å²) in [4.78, 5) is 0. The highest BCUT2D eigenvalue weighted by atomic mass is 28.3. The Morgan fingerprint density at radius 2 is 1.54 bits per heavy atom. The van der Waals surface area contributed by atoms with Gasteiger partial charge in [0.15, 0.2) is 0 Å². The fourth-order valence-corrected chi connectivity index (χ4v) is 3.55. The van der Waals surface area contributed by atoms with Crippen LogP contribution in [0.25, 0.3) is 0 Å². The number of piperidine rings is 1. The summed E-state index contributed by atoms with van der Waals surface area (Å²) in [7, 11) is -1.48. The van der Waals surface area contributed by atoms with Gasteiger partial charge in [0, 0.05) is 13.2 Å². The molecular weight excluding hydrogens is 182 g/mol. The topological polar surface area (TPSA) is 21.7 Å². The quantitative estimate of drug-likeness (QED) is 0.628. The first-order valence-electron chi connectivity index (χ1n) is 5.35. The van der Waals surface area contributed by atoms with Crippen molar-refractivity contribution in [1.29, 1.82) is 0 Å². The summed E-state index contributed by atoms with van der Waals surface area (Å²) >= 11 is 0. The van der Waals surface area contributed by atoms with Crippen molar-refractivity contribution in [2.75, 3.05) is 26.3 Å². The fourth-order valence-electron chi connectivity index (χ4n) is 1.67. The SMILES string of the molecule is CCO[SiH](OCC)N1CCCCC1. The molecule has 0 saturated carbocycles. The van der Waals surface area contributed by atoms with Gasteiger partial charge in [0.05, 0.1) is 0 Å². The van der Waals surface area contributed by atoms with E-state index in [9.17, 15) is 0 Å². The summed E-state index contributed by atoms with van der Waals surface area (Å²) in [6.07, 6.45) is 3.99. The molecule has 0 bridgehead atoms. The molecule has 0 aromatic carbocycles. The minimum atomic E-state index is -1.48. The van der Waals surface area contributed by atoms with Gasteiger partial charge in [-0.2, -0.15) is 0 Å². The Morgan fingerprint density at radius 1 is 1.00 bits per heavy atom. The normalized spacial score (nSPS) is 19.6. The second-order valence-corrected chi connectivity index (χ2v) is 5.33. The molecule has 78 valence electrons. The molecule has 1 saturated heterocycles. The van der Waals surface area contributed by atoms with Crippen molar-refractivity contribution in [3.63, 3.8) is 0 Å². The lowest BCUT2D eigenvalue weighted by molar-refractivity contribution is 0.144. The van der Waals surface area contributed by atoms with E-state index in [1.54, 1.807) is 0 Å². The van der Waals surface area contributed by atoms with Crippen LogP contribution in [0.5, 0.6) is 0 Å². The molecule has 0 atom stereocenters. The van der Waals surface area contributed by atoms with Gasteiger partial charge in [-0.15, -0.1) is 0 Å². The molecule has 0 amide bonds. The van der Waals surface area contributed by atoms with Crippen LogP contribution >= 0.6 is 0 Å². The lowest BCUT2D eigenvalue weighted by atomic mass is 10.2. The van der Waals surface area contributed by atoms with Crippen LogP contribution in [0.3, 0.4) is 0 Å². The van der Waals surface area contributed by atoms with Crippen LogP contribution < -0.4 is 0 Å². The van der Waals surface area contributed by atoms with E-state index in [2.05, 4.69) is 4.57 Å². The minimum absolute atomic E-state index is 0.785. The van der Waals surface area contributed by atoms with Crippen molar-refractivity contribution in [3.8, 4) is 0 Å². The van der Waals surface area contributed by atoms with Crippen molar-refractivity contribution >= 4 is 9.45 Å². The zero-order valence-corrected chi connectivity index (χ0v) is 9.95. The summed E-state index contributed by atoms with van der Waals surface area (Å²) < 4.78 is 13.8. The number of hydrogen-bond donors (Lipinski definition) is 0. The Hall–Kier alpha value is 0.0969. The second kappa shape index (κ2) is 6.54. The van der Waals surface area contributed by atoms with Crippen molar-refractivity contribution in [3.05, 3.63) is 0 Å². The molecule has 0 N–H and O–H groups in total. The highest BCUT2D eigenvalue weighted by Crippen LogP contribution is 2.11. The van der Waals surface area contributed by atoms with Gasteiger partial charge in [0.2, 0.25) is 0 Å². The molecule has 1 heterocycles. The summed E-state index contributed by atoms with van der Waals surface area (Å²) in [5.41, 5.74) is 0. The third kappa shape index (κ3) is 3.77. The maximum absolute atomic E-state index is 5.66. The van der Waals surface area contributed by atoms with Crippen LogP contribution in [0, 0.1) is 0 Å². The van der Waals surface area contributed by atoms with E-state index >= 15 is 0 Å². The van der Waals surface area contributed by atoms with Crippen molar-refractivity contribution in [1.82, 2.24) is 4.57 Å². The molecule has 0 aromatic heterocycles. The smallest absolute Gasteiger partial charge is 0.385 e. The second-order valence-electron chi connectivity index (χ2n) is 3.31. The predicted octanol–water partition coefficient (Wildman–Crippen LogP) is 1.26. The lowest BCUT2D eigenvalue weighted by Crippen LogP contribution is -2.47. The van der Waals surface area contributed by atoms with Crippen LogP contribution in [-0.2, 0) is 8.85 Å². The largest absolute Gasteiger partial charge is 0.411 e. The summed E-state index contributed by atoms with van der Waals surface area (Å²) in [5, 5.41) is 0. The summed E-state index contributed by atoms with van der Waals surface area (Å²) in [5.74, 6) is 0. The number of rotatable bonds is 5. The Morgan fingerprint density at radius 3 is 2.00 bits per heavy atom. The molecule has 0 aliphatic carbocycles. The van der Waals surface area contributed by atoms with Crippen LogP contribution in [0.4, 0.5) is 0 Å². The summed E-state index contributed by atoms with van der Waals surface area (Å²) in [6, 6.07) is 0. The highest BCUT2D eigenvalue weighted by molar-refractivity contribution is 6.41. The average molecular weight is 203 g/mol. The molecular formula is C9H21NO2Si. The van der Waals surface area contributed by atoms with Gasteiger partial charge in [0.25, 0.3) is 0 Å². The number of nitrogens with zero attached hydrogens (tertiary/aromatic N) is 1. The third-order valence-electron chi connectivity index (χ3n) is 2.31. The molecule has 0 unspecified atom stereocenters. The Kier molecular flexibility index (Phi) is 5.62. The third-order valence-corrected chi connectivity index (χ3v) is 4.66. The maximum Gasteiger partial charge on any atom is 0.411 e. The predicted molar refractivity (Wildman–Crippen MR) is 55.8 cm³/mol. The van der Waals surface area contributed by atoms with E-state index in [1.807, 2.05) is 13.8 Å². The monoisotopic (exact) mass is 203 g/mol. The van der Waals surface area contributed by atoms with E-state index in [1.165, 1.54) is 32.4 Å². The maximum atomic E-state index is 5.66. The number of hydrogen-bond acceptors (Lipinski definition) is 3. The van der Waals surface area contributed by atoms with E-state index in [0.29, 0.717) is 0 Å². The molecule has 0 aromatic rings. The Bertz CT molecular complexity index is 123. The Labute approximate surface area is 82.9 Å². The molecule has 1 aliphatic heterocycles. The average Bonchev–Trinajstić information content (AvgIpc) is 2.19. The standard InChI is InChI=1S/C9H21NO2Si/c1-3-11-13(12-4-2)10-8-6-5-7-9-10/h13H,3-9H2,1-2H3. The fraction of sp³-hybridized carbons (Fsp3) is 1.00. The molecule has 1 rings (SSSR count). The van der Waals surface area contributed by atoms with E-state index in [-0.39, 0.29) is 0 Å². The van der Waals surface area contributed by atoms with E-state index in [0.717, 1.165) is 13.2 Å². The zero-order chi connectivity index (χ0) is 9.52. The van der Waals surface area contributed by atoms with Crippen molar-refractivity contribution in [2.45, 2.75) is 33.1 Å². The molecule has 0 spiro atoms. The lowest BCUT2D eigenvalue weighted by Gasteiger charge is -2.31. The molecule has 1 fully saturated rings. The van der Waals surface area contributed by atoms with Crippen molar-refractivity contribution in [2.24, 2.45) is 0 Å². The van der Waals surface area contributed by atoms with Crippen LogP contribution in [0.1, 0.15) is 33.1 Å². The van der Waals surface area contributed by atoms with E-state index in [4.69, 9.17) is 8.85 Å². The summed E-state index contributed by atoms with van der Waals surface area (Å²) in [6.45, 7) is 8.01. The van der Waals surface area contributed by atoms with Crippen LogP contribution in [0.2, 0.25) is 0 Å². The Balaban J connectivity index is 2.32. The highest BCUT2D eigenvalue weighted by Gasteiger charge is 2.24. The van der Waals surface area contributed by atoms with Gasteiger partial charge < -0.3 is 8.85 Å². The van der Waals surface area contributed by atoms with E-state index < -0.39 is 9.45 Å². The van der Waals surface area contributed by atoms with Crippen molar-refractivity contribution < 1.29 is 8.85 Å². The van der Waals surface area contributed by atoms with Gasteiger partial charge in [-0.05, 0) is 39.8 Å². The molecule has 13 heavy (non-hydrogen) atoms. The zero-order valence-electron chi connectivity index (χ0n) is 8.79. The van der Waals surface area contributed by atoms with Gasteiger partial charge >= 0.3 is 9.45 Å². The first kappa shape index (κ1) is 11.2. The van der Waals surface area contributed by atoms with Crippen LogP contribution in [0.15, 0.2) is 0 Å². The first-order chi connectivity index (χ1) is 6.38. The molecule has 4 heteroatoms.